The van der Waals surface area contributed by atoms with E-state index in [0.717, 1.165) is 36.3 Å². The third-order valence-corrected chi connectivity index (χ3v) is 4.48. The van der Waals surface area contributed by atoms with E-state index in [-0.39, 0.29) is 18.6 Å². The molecule has 1 saturated heterocycles. The first-order valence-electron chi connectivity index (χ1n) is 8.65. The van der Waals surface area contributed by atoms with E-state index in [9.17, 15) is 4.79 Å². The van der Waals surface area contributed by atoms with Gasteiger partial charge in [0, 0.05) is 19.3 Å². The van der Waals surface area contributed by atoms with E-state index in [4.69, 9.17) is 9.47 Å². The van der Waals surface area contributed by atoms with Crippen molar-refractivity contribution in [2.45, 2.75) is 32.4 Å². The van der Waals surface area contributed by atoms with Crippen LogP contribution in [0, 0.1) is 6.92 Å². The van der Waals surface area contributed by atoms with E-state index in [1.165, 1.54) is 0 Å². The van der Waals surface area contributed by atoms with Crippen LogP contribution in [0.25, 0.3) is 0 Å². The molecule has 1 aromatic heterocycles. The Morgan fingerprint density at radius 2 is 2.28 bits per heavy atom. The summed E-state index contributed by atoms with van der Waals surface area (Å²) >= 11 is 0. The molecule has 134 valence electrons. The molecule has 0 aliphatic carbocycles. The molecular weight excluding hydrogens is 318 g/mol. The van der Waals surface area contributed by atoms with Crippen molar-refractivity contribution in [2.24, 2.45) is 0 Å². The summed E-state index contributed by atoms with van der Waals surface area (Å²) in [5, 5.41) is 4.39. The number of benzene rings is 1. The summed E-state index contributed by atoms with van der Waals surface area (Å²) in [5.74, 6) is 0.831. The highest BCUT2D eigenvalue weighted by molar-refractivity contribution is 5.77. The smallest absolute Gasteiger partial charge is 0.248 e. The zero-order valence-corrected chi connectivity index (χ0v) is 14.9. The van der Waals surface area contributed by atoms with Crippen LogP contribution in [-0.4, -0.2) is 47.4 Å². The highest BCUT2D eigenvalue weighted by Crippen LogP contribution is 2.21. The van der Waals surface area contributed by atoms with Gasteiger partial charge in [0.2, 0.25) is 5.91 Å². The molecule has 0 unspecified atom stereocenters. The molecule has 25 heavy (non-hydrogen) atoms. The summed E-state index contributed by atoms with van der Waals surface area (Å²) in [6, 6.07) is 7.94. The molecule has 2 aromatic rings. The maximum absolute atomic E-state index is 12.4. The zero-order valence-electron chi connectivity index (χ0n) is 14.9. The number of carbonyl (C=O) groups excluding carboxylic acids is 1. The molecule has 0 radical (unpaired) electrons. The van der Waals surface area contributed by atoms with E-state index in [0.29, 0.717) is 13.2 Å². The van der Waals surface area contributed by atoms with E-state index in [1.54, 1.807) is 7.11 Å². The molecule has 6 heteroatoms. The van der Waals surface area contributed by atoms with Gasteiger partial charge in [-0.25, -0.2) is 0 Å². The van der Waals surface area contributed by atoms with Gasteiger partial charge in [-0.3, -0.25) is 9.48 Å². The lowest BCUT2D eigenvalue weighted by Crippen LogP contribution is -2.42. The quantitative estimate of drug-likeness (QED) is 0.809. The predicted octanol–water partition coefficient (Wildman–Crippen LogP) is 2.58. The van der Waals surface area contributed by atoms with Crippen molar-refractivity contribution < 1.29 is 14.3 Å². The molecule has 0 saturated carbocycles. The molecule has 1 amide bonds. The second kappa shape index (κ2) is 8.16. The summed E-state index contributed by atoms with van der Waals surface area (Å²) in [6.07, 6.45) is 5.94. The number of likely N-dealkylation sites (tertiary alicyclic amines) is 1. The fourth-order valence-corrected chi connectivity index (χ4v) is 3.14. The monoisotopic (exact) mass is 343 g/mol. The molecule has 3 rings (SSSR count). The third kappa shape index (κ3) is 4.60. The molecule has 6 nitrogen and oxygen atoms in total. The van der Waals surface area contributed by atoms with Crippen molar-refractivity contribution in [2.75, 3.05) is 26.8 Å². The van der Waals surface area contributed by atoms with Crippen LogP contribution >= 0.6 is 0 Å². The fraction of sp³-hybridized carbons (Fsp3) is 0.474. The summed E-state index contributed by atoms with van der Waals surface area (Å²) in [7, 11) is 1.64. The van der Waals surface area contributed by atoms with Crippen molar-refractivity contribution in [3.8, 4) is 5.75 Å². The minimum Gasteiger partial charge on any atom is -0.497 e. The number of aryl methyl sites for hydroxylation is 1. The number of amides is 1. The van der Waals surface area contributed by atoms with E-state index >= 15 is 0 Å². The van der Waals surface area contributed by atoms with Crippen molar-refractivity contribution in [1.82, 2.24) is 14.7 Å². The Bertz CT molecular complexity index is 713. The van der Waals surface area contributed by atoms with Crippen LogP contribution in [0.2, 0.25) is 0 Å². The van der Waals surface area contributed by atoms with Gasteiger partial charge >= 0.3 is 0 Å². The average molecular weight is 343 g/mol. The summed E-state index contributed by atoms with van der Waals surface area (Å²) in [6.45, 7) is 4.02. The van der Waals surface area contributed by atoms with Crippen LogP contribution in [0.3, 0.4) is 0 Å². The highest BCUT2D eigenvalue weighted by Gasteiger charge is 2.25. The van der Waals surface area contributed by atoms with Crippen LogP contribution < -0.4 is 4.74 Å². The number of carbonyl (C=O) groups is 1. The highest BCUT2D eigenvalue weighted by atomic mass is 16.5. The molecule has 0 N–H and O–H groups in total. The zero-order chi connectivity index (χ0) is 17.6. The SMILES string of the molecule is COc1cccc(COCC(=O)N2CCC[C@@H](n3cc(C)cn3)C2)c1. The topological polar surface area (TPSA) is 56.6 Å². The van der Waals surface area contributed by atoms with E-state index in [1.807, 2.05) is 53.2 Å². The lowest BCUT2D eigenvalue weighted by molar-refractivity contribution is -0.138. The molecule has 0 spiro atoms. The Morgan fingerprint density at radius 3 is 3.04 bits per heavy atom. The van der Waals surface area contributed by atoms with Crippen LogP contribution in [0.5, 0.6) is 5.75 Å². The lowest BCUT2D eigenvalue weighted by atomic mass is 10.1. The molecule has 1 aliphatic heterocycles. The number of rotatable bonds is 6. The first-order chi connectivity index (χ1) is 12.2. The van der Waals surface area contributed by atoms with E-state index < -0.39 is 0 Å². The average Bonchev–Trinajstić information content (AvgIpc) is 3.08. The summed E-state index contributed by atoms with van der Waals surface area (Å²) in [4.78, 5) is 14.3. The Kier molecular flexibility index (Phi) is 5.71. The number of nitrogens with zero attached hydrogens (tertiary/aromatic N) is 3. The molecule has 1 atom stereocenters. The van der Waals surface area contributed by atoms with Crippen LogP contribution in [0.1, 0.15) is 30.0 Å². The lowest BCUT2D eigenvalue weighted by Gasteiger charge is -2.32. The molecule has 0 bridgehead atoms. The second-order valence-corrected chi connectivity index (χ2v) is 6.48. The predicted molar refractivity (Wildman–Crippen MR) is 94.5 cm³/mol. The molecule has 1 aliphatic rings. The maximum Gasteiger partial charge on any atom is 0.248 e. The number of methoxy groups -OCH3 is 1. The number of piperidine rings is 1. The fourth-order valence-electron chi connectivity index (χ4n) is 3.14. The standard InChI is InChI=1S/C19H25N3O3/c1-15-10-20-22(11-15)17-6-4-8-21(12-17)19(23)14-25-13-16-5-3-7-18(9-16)24-2/h3,5,7,9-11,17H,4,6,8,12-14H2,1-2H3/t17-/m1/s1. The molecule has 2 heterocycles. The second-order valence-electron chi connectivity index (χ2n) is 6.48. The number of hydrogen-bond donors (Lipinski definition) is 0. The Labute approximate surface area is 148 Å². The van der Waals surface area contributed by atoms with Crippen molar-refractivity contribution in [3.05, 3.63) is 47.8 Å². The van der Waals surface area contributed by atoms with Crippen molar-refractivity contribution >= 4 is 5.91 Å². The Balaban J connectivity index is 1.49. The first kappa shape index (κ1) is 17.5. The van der Waals surface area contributed by atoms with Gasteiger partial charge in [-0.15, -0.1) is 0 Å². The van der Waals surface area contributed by atoms with E-state index in [2.05, 4.69) is 5.10 Å². The number of aromatic nitrogens is 2. The largest absolute Gasteiger partial charge is 0.497 e. The third-order valence-electron chi connectivity index (χ3n) is 4.48. The first-order valence-corrected chi connectivity index (χ1v) is 8.65. The van der Waals surface area contributed by atoms with Gasteiger partial charge in [-0.1, -0.05) is 12.1 Å². The van der Waals surface area contributed by atoms with Gasteiger partial charge in [-0.2, -0.15) is 5.10 Å². The molecular formula is C19H25N3O3. The minimum absolute atomic E-state index is 0.0384. The summed E-state index contributed by atoms with van der Waals surface area (Å²) < 4.78 is 12.8. The van der Waals surface area contributed by atoms with Gasteiger partial charge in [0.25, 0.3) is 0 Å². The van der Waals surface area contributed by atoms with Crippen LogP contribution in [-0.2, 0) is 16.1 Å². The normalized spacial score (nSPS) is 17.5. The number of hydrogen-bond acceptors (Lipinski definition) is 4. The maximum atomic E-state index is 12.4. The van der Waals surface area contributed by atoms with Gasteiger partial charge in [0.05, 0.1) is 26.0 Å². The van der Waals surface area contributed by atoms with Gasteiger partial charge in [-0.05, 0) is 43.0 Å². The molecule has 1 fully saturated rings. The number of ether oxygens (including phenoxy) is 2. The van der Waals surface area contributed by atoms with Crippen molar-refractivity contribution in [3.63, 3.8) is 0 Å². The summed E-state index contributed by atoms with van der Waals surface area (Å²) in [5.41, 5.74) is 2.14. The molecule has 1 aromatic carbocycles. The van der Waals surface area contributed by atoms with Crippen LogP contribution in [0.4, 0.5) is 0 Å². The Hall–Kier alpha value is -2.34. The van der Waals surface area contributed by atoms with Gasteiger partial charge in [0.1, 0.15) is 12.4 Å². The van der Waals surface area contributed by atoms with Crippen LogP contribution in [0.15, 0.2) is 36.7 Å². The van der Waals surface area contributed by atoms with Crippen molar-refractivity contribution in [1.29, 1.82) is 0 Å². The van der Waals surface area contributed by atoms with Gasteiger partial charge < -0.3 is 14.4 Å². The van der Waals surface area contributed by atoms with Gasteiger partial charge in [0.15, 0.2) is 0 Å². The Morgan fingerprint density at radius 1 is 1.40 bits per heavy atom. The minimum atomic E-state index is 0.0384.